The van der Waals surface area contributed by atoms with Crippen molar-refractivity contribution in [3.63, 3.8) is 0 Å². The molecule has 0 bridgehead atoms. The summed E-state index contributed by atoms with van der Waals surface area (Å²) in [5.74, 6) is 0. The second-order valence-corrected chi connectivity index (χ2v) is 14.1. The quantitative estimate of drug-likeness (QED) is 0.238. The summed E-state index contributed by atoms with van der Waals surface area (Å²) in [7, 11) is 0. The first-order valence-corrected chi connectivity index (χ1v) is 12.6. The van der Waals surface area contributed by atoms with Crippen LogP contribution in [0.15, 0.2) is 0 Å². The SMILES string of the molecule is CCCCC[PH]([Pd])(CCCCC)CCCCC. The van der Waals surface area contributed by atoms with E-state index in [4.69, 9.17) is 0 Å². The first-order valence-electron chi connectivity index (χ1n) is 7.84. The van der Waals surface area contributed by atoms with Crippen molar-refractivity contribution in [2.75, 3.05) is 18.5 Å². The van der Waals surface area contributed by atoms with Gasteiger partial charge in [0, 0.05) is 0 Å². The summed E-state index contributed by atoms with van der Waals surface area (Å²) in [6.07, 6.45) is 17.5. The van der Waals surface area contributed by atoms with Crippen LogP contribution in [0.5, 0.6) is 0 Å². The van der Waals surface area contributed by atoms with E-state index in [0.29, 0.717) is 0 Å². The van der Waals surface area contributed by atoms with Gasteiger partial charge in [-0.05, 0) is 0 Å². The van der Waals surface area contributed by atoms with Gasteiger partial charge in [-0.2, -0.15) is 0 Å². The number of unbranched alkanes of at least 4 members (excludes halogenated alkanes) is 6. The van der Waals surface area contributed by atoms with Crippen LogP contribution in [0.25, 0.3) is 0 Å². The van der Waals surface area contributed by atoms with E-state index in [1.54, 1.807) is 0 Å². The molecule has 0 aromatic carbocycles. The number of rotatable bonds is 12. The van der Waals surface area contributed by atoms with Crippen LogP contribution in [-0.4, -0.2) is 18.5 Å². The van der Waals surface area contributed by atoms with Crippen LogP contribution in [-0.2, 0) is 18.7 Å². The van der Waals surface area contributed by atoms with Crippen molar-refractivity contribution >= 4 is 5.45 Å². The Kier molecular flexibility index (Phi) is 12.9. The summed E-state index contributed by atoms with van der Waals surface area (Å²) in [5, 5.41) is 0. The fourth-order valence-corrected chi connectivity index (χ4v) is 8.23. The van der Waals surface area contributed by atoms with Crippen molar-refractivity contribution in [1.29, 1.82) is 0 Å². The third-order valence-electron chi connectivity index (χ3n) is 3.64. The van der Waals surface area contributed by atoms with Crippen molar-refractivity contribution in [2.24, 2.45) is 0 Å². The van der Waals surface area contributed by atoms with E-state index in [0.717, 1.165) is 0 Å². The molecule has 0 fully saturated rings. The molecule has 0 nitrogen and oxygen atoms in total. The molecule has 0 aliphatic carbocycles. The van der Waals surface area contributed by atoms with Gasteiger partial charge < -0.3 is 0 Å². The average Bonchev–Trinajstić information content (AvgIpc) is 2.30. The van der Waals surface area contributed by atoms with Crippen LogP contribution in [0.4, 0.5) is 0 Å². The fourth-order valence-electron chi connectivity index (χ4n) is 2.42. The van der Waals surface area contributed by atoms with Gasteiger partial charge in [0.1, 0.15) is 0 Å². The topological polar surface area (TPSA) is 0 Å². The summed E-state index contributed by atoms with van der Waals surface area (Å²) >= 11 is 3.91. The van der Waals surface area contributed by atoms with Gasteiger partial charge in [0.15, 0.2) is 0 Å². The van der Waals surface area contributed by atoms with Crippen LogP contribution >= 0.6 is 5.45 Å². The normalized spacial score (nSPS) is 13.0. The molecule has 0 atom stereocenters. The minimum atomic E-state index is -1.01. The molecule has 0 rings (SSSR count). The third-order valence-corrected chi connectivity index (χ3v) is 10.8. The molecular weight excluding hydrogens is 318 g/mol. The van der Waals surface area contributed by atoms with E-state index in [-0.39, 0.29) is 0 Å². The average molecular weight is 352 g/mol. The molecule has 17 heavy (non-hydrogen) atoms. The molecule has 109 valence electrons. The van der Waals surface area contributed by atoms with Crippen molar-refractivity contribution in [3.8, 4) is 0 Å². The molecule has 0 N–H and O–H groups in total. The predicted molar refractivity (Wildman–Crippen MR) is 81.5 cm³/mol. The van der Waals surface area contributed by atoms with E-state index < -0.39 is 5.45 Å². The first-order chi connectivity index (χ1) is 8.18. The standard InChI is InChI=1S/C15H33P.Pd/c1-4-7-10-13-16(14-11-8-5-2)15-12-9-6-3;/h4-15H2,1-3H3;/q;-1/p+1. The van der Waals surface area contributed by atoms with Crippen LogP contribution in [0.3, 0.4) is 0 Å². The number of hydrogen-bond donors (Lipinski definition) is 0. The van der Waals surface area contributed by atoms with Gasteiger partial charge in [-0.25, -0.2) is 0 Å². The van der Waals surface area contributed by atoms with Gasteiger partial charge in [-0.15, -0.1) is 0 Å². The Morgan fingerprint density at radius 2 is 0.882 bits per heavy atom. The van der Waals surface area contributed by atoms with Crippen LogP contribution in [0.1, 0.15) is 78.6 Å². The summed E-state index contributed by atoms with van der Waals surface area (Å²) in [4.78, 5) is 0. The molecule has 0 radical (unpaired) electrons. The van der Waals surface area contributed by atoms with Crippen LogP contribution < -0.4 is 0 Å². The van der Waals surface area contributed by atoms with Crippen molar-refractivity contribution in [2.45, 2.75) is 78.6 Å². The molecule has 0 spiro atoms. The third kappa shape index (κ3) is 10.7. The fraction of sp³-hybridized carbons (Fsp3) is 1.00. The summed E-state index contributed by atoms with van der Waals surface area (Å²) in [6.45, 7) is 6.94. The maximum absolute atomic E-state index is 3.91. The molecule has 0 saturated heterocycles. The molecule has 0 amide bonds. The van der Waals surface area contributed by atoms with Gasteiger partial charge >= 0.3 is 121 Å². The molecule has 0 heterocycles. The first kappa shape index (κ1) is 18.1. The molecular formula is C15H34PPd. The molecule has 0 aliphatic heterocycles. The molecule has 0 aliphatic rings. The zero-order valence-corrected chi connectivity index (χ0v) is 14.9. The Morgan fingerprint density at radius 1 is 0.588 bits per heavy atom. The molecule has 0 saturated carbocycles. The Morgan fingerprint density at radius 3 is 1.12 bits per heavy atom. The zero-order valence-electron chi connectivity index (χ0n) is 12.3. The number of hydrogen-bond acceptors (Lipinski definition) is 0. The van der Waals surface area contributed by atoms with E-state index >= 15 is 0 Å². The molecule has 0 aromatic rings. The maximum atomic E-state index is 3.91. The second-order valence-electron chi connectivity index (χ2n) is 5.46. The predicted octanol–water partition coefficient (Wildman–Crippen LogP) is 5.77. The second kappa shape index (κ2) is 12.1. The van der Waals surface area contributed by atoms with Gasteiger partial charge in [-0.3, -0.25) is 0 Å². The summed E-state index contributed by atoms with van der Waals surface area (Å²) in [5.41, 5.74) is -1.01. The Bertz CT molecular complexity index is 132. The van der Waals surface area contributed by atoms with Gasteiger partial charge in [0.2, 0.25) is 0 Å². The van der Waals surface area contributed by atoms with E-state index in [1.165, 1.54) is 76.3 Å². The van der Waals surface area contributed by atoms with Crippen LogP contribution in [0, 0.1) is 0 Å². The van der Waals surface area contributed by atoms with E-state index in [2.05, 4.69) is 39.5 Å². The molecule has 0 unspecified atom stereocenters. The Hall–Kier alpha value is 1.09. The summed E-state index contributed by atoms with van der Waals surface area (Å²) in [6, 6.07) is 0. The Labute approximate surface area is 121 Å². The molecule has 2 heteroatoms. The van der Waals surface area contributed by atoms with Gasteiger partial charge in [0.05, 0.1) is 0 Å². The van der Waals surface area contributed by atoms with Crippen molar-refractivity contribution in [3.05, 3.63) is 0 Å². The van der Waals surface area contributed by atoms with Gasteiger partial charge in [0.25, 0.3) is 0 Å². The van der Waals surface area contributed by atoms with E-state index in [9.17, 15) is 0 Å². The van der Waals surface area contributed by atoms with Gasteiger partial charge in [-0.1, -0.05) is 0 Å². The van der Waals surface area contributed by atoms with Crippen molar-refractivity contribution < 1.29 is 18.7 Å². The van der Waals surface area contributed by atoms with E-state index in [1.807, 2.05) is 0 Å². The Balaban J connectivity index is 3.95. The monoisotopic (exact) mass is 351 g/mol. The molecule has 0 aromatic heterocycles. The van der Waals surface area contributed by atoms with Crippen molar-refractivity contribution in [1.82, 2.24) is 0 Å². The minimum absolute atomic E-state index is 1.01. The van der Waals surface area contributed by atoms with Crippen LogP contribution in [0.2, 0.25) is 0 Å². The summed E-state index contributed by atoms with van der Waals surface area (Å²) < 4.78 is 0. The zero-order chi connectivity index (χ0) is 13.0.